The molecule has 0 amide bonds. The number of hydrogen-bond donors (Lipinski definition) is 1. The van der Waals surface area contributed by atoms with Gasteiger partial charge in [-0.3, -0.25) is 4.79 Å². The SMILES string of the molecule is CC(C)CC(C)(c1ccc(O)cc1)C1CCC(=O)CC1. The number of carbonyl (C=O) groups excluding carboxylic acids is 1. The van der Waals surface area contributed by atoms with E-state index >= 15 is 0 Å². The summed E-state index contributed by atoms with van der Waals surface area (Å²) < 4.78 is 0. The van der Waals surface area contributed by atoms with Crippen LogP contribution in [0.25, 0.3) is 0 Å². The number of Topliss-reactive ketones (excluding diaryl/α,β-unsaturated/α-hetero) is 1. The smallest absolute Gasteiger partial charge is 0.132 e. The molecule has 0 aliphatic heterocycles. The van der Waals surface area contributed by atoms with Gasteiger partial charge in [0, 0.05) is 12.8 Å². The molecule has 1 N–H and O–H groups in total. The van der Waals surface area contributed by atoms with Crippen molar-refractivity contribution in [2.45, 2.75) is 58.3 Å². The Labute approximate surface area is 122 Å². The minimum absolute atomic E-state index is 0.0998. The maximum Gasteiger partial charge on any atom is 0.132 e. The molecule has 1 fully saturated rings. The van der Waals surface area contributed by atoms with E-state index in [0.29, 0.717) is 23.4 Å². The standard InChI is InChI=1S/C18H26O2/c1-13(2)12-18(3,14-4-8-16(19)9-5-14)15-6-10-17(20)11-7-15/h4-5,8-9,13,15,19H,6-7,10-12H2,1-3H3. The maximum absolute atomic E-state index is 11.5. The van der Waals surface area contributed by atoms with Gasteiger partial charge in [-0.1, -0.05) is 32.9 Å². The molecule has 2 heteroatoms. The molecule has 0 saturated heterocycles. The summed E-state index contributed by atoms with van der Waals surface area (Å²) in [6.07, 6.45) is 4.59. The van der Waals surface area contributed by atoms with Gasteiger partial charge in [-0.05, 0) is 54.2 Å². The molecule has 1 saturated carbocycles. The Morgan fingerprint density at radius 3 is 2.25 bits per heavy atom. The summed E-state index contributed by atoms with van der Waals surface area (Å²) in [5.74, 6) is 1.91. The number of benzene rings is 1. The number of aromatic hydroxyl groups is 1. The predicted octanol–water partition coefficient (Wildman–Crippen LogP) is 4.46. The molecular formula is C18H26O2. The Kier molecular flexibility index (Phi) is 4.52. The number of rotatable bonds is 4. The van der Waals surface area contributed by atoms with E-state index in [1.54, 1.807) is 12.1 Å². The molecule has 1 aliphatic carbocycles. The van der Waals surface area contributed by atoms with Crippen molar-refractivity contribution in [1.29, 1.82) is 0 Å². The van der Waals surface area contributed by atoms with Crippen LogP contribution < -0.4 is 0 Å². The van der Waals surface area contributed by atoms with Gasteiger partial charge in [0.1, 0.15) is 11.5 Å². The van der Waals surface area contributed by atoms with Crippen molar-refractivity contribution in [3.05, 3.63) is 29.8 Å². The third-order valence-corrected chi connectivity index (χ3v) is 4.80. The highest BCUT2D eigenvalue weighted by Gasteiger charge is 2.38. The van der Waals surface area contributed by atoms with Gasteiger partial charge < -0.3 is 5.11 Å². The van der Waals surface area contributed by atoms with E-state index in [2.05, 4.69) is 20.8 Å². The lowest BCUT2D eigenvalue weighted by molar-refractivity contribution is -0.121. The molecule has 0 aromatic heterocycles. The highest BCUT2D eigenvalue weighted by atomic mass is 16.3. The molecule has 0 heterocycles. The fourth-order valence-corrected chi connectivity index (χ4v) is 3.79. The van der Waals surface area contributed by atoms with Crippen molar-refractivity contribution >= 4 is 5.78 Å². The lowest BCUT2D eigenvalue weighted by Crippen LogP contribution is -2.36. The third kappa shape index (κ3) is 3.23. The Balaban J connectivity index is 2.29. The van der Waals surface area contributed by atoms with Crippen LogP contribution in [0.3, 0.4) is 0 Å². The lowest BCUT2D eigenvalue weighted by Gasteiger charge is -2.41. The Morgan fingerprint density at radius 2 is 1.75 bits per heavy atom. The van der Waals surface area contributed by atoms with Crippen molar-refractivity contribution < 1.29 is 9.90 Å². The Bertz CT molecular complexity index is 451. The number of carbonyl (C=O) groups is 1. The van der Waals surface area contributed by atoms with E-state index in [1.807, 2.05) is 12.1 Å². The summed E-state index contributed by atoms with van der Waals surface area (Å²) in [7, 11) is 0. The van der Waals surface area contributed by atoms with Crippen LogP contribution >= 0.6 is 0 Å². The first-order valence-corrected chi connectivity index (χ1v) is 7.73. The van der Waals surface area contributed by atoms with Crippen LogP contribution in [0.15, 0.2) is 24.3 Å². The van der Waals surface area contributed by atoms with Gasteiger partial charge in [0.05, 0.1) is 0 Å². The van der Waals surface area contributed by atoms with Crippen LogP contribution in [0.2, 0.25) is 0 Å². The van der Waals surface area contributed by atoms with Gasteiger partial charge in [-0.2, -0.15) is 0 Å². The van der Waals surface area contributed by atoms with Crippen LogP contribution in [0.4, 0.5) is 0 Å². The second kappa shape index (κ2) is 5.99. The van der Waals surface area contributed by atoms with Gasteiger partial charge in [-0.15, -0.1) is 0 Å². The Hall–Kier alpha value is -1.31. The molecule has 1 unspecified atom stereocenters. The van der Waals surface area contributed by atoms with Gasteiger partial charge >= 0.3 is 0 Å². The summed E-state index contributed by atoms with van der Waals surface area (Å²) in [5.41, 5.74) is 1.39. The van der Waals surface area contributed by atoms with E-state index in [-0.39, 0.29) is 5.41 Å². The molecular weight excluding hydrogens is 248 g/mol. The molecule has 0 spiro atoms. The highest BCUT2D eigenvalue weighted by molar-refractivity contribution is 5.79. The highest BCUT2D eigenvalue weighted by Crippen LogP contribution is 2.44. The van der Waals surface area contributed by atoms with Crippen molar-refractivity contribution in [2.24, 2.45) is 11.8 Å². The predicted molar refractivity (Wildman–Crippen MR) is 81.9 cm³/mol. The normalized spacial score (nSPS) is 20.1. The molecule has 110 valence electrons. The van der Waals surface area contributed by atoms with Crippen molar-refractivity contribution in [2.75, 3.05) is 0 Å². The fraction of sp³-hybridized carbons (Fsp3) is 0.611. The zero-order chi connectivity index (χ0) is 14.8. The van der Waals surface area contributed by atoms with Crippen LogP contribution in [-0.2, 0) is 10.2 Å². The summed E-state index contributed by atoms with van der Waals surface area (Å²) in [5, 5.41) is 9.50. The summed E-state index contributed by atoms with van der Waals surface area (Å²) in [6, 6.07) is 7.66. The summed E-state index contributed by atoms with van der Waals surface area (Å²) in [4.78, 5) is 11.5. The second-order valence-corrected chi connectivity index (χ2v) is 6.88. The minimum atomic E-state index is 0.0998. The van der Waals surface area contributed by atoms with Crippen LogP contribution in [0.1, 0.15) is 58.4 Å². The molecule has 1 aliphatic rings. The van der Waals surface area contributed by atoms with E-state index in [1.165, 1.54) is 5.56 Å². The summed E-state index contributed by atoms with van der Waals surface area (Å²) in [6.45, 7) is 6.85. The monoisotopic (exact) mass is 274 g/mol. The van der Waals surface area contributed by atoms with Crippen molar-refractivity contribution in [3.8, 4) is 5.75 Å². The molecule has 1 atom stereocenters. The zero-order valence-corrected chi connectivity index (χ0v) is 12.9. The number of ketones is 1. The second-order valence-electron chi connectivity index (χ2n) is 6.88. The minimum Gasteiger partial charge on any atom is -0.508 e. The molecule has 2 rings (SSSR count). The molecule has 1 aromatic rings. The quantitative estimate of drug-likeness (QED) is 0.880. The zero-order valence-electron chi connectivity index (χ0n) is 12.9. The van der Waals surface area contributed by atoms with Crippen LogP contribution in [0.5, 0.6) is 5.75 Å². The van der Waals surface area contributed by atoms with E-state index in [0.717, 1.165) is 32.1 Å². The van der Waals surface area contributed by atoms with Gasteiger partial charge in [0.25, 0.3) is 0 Å². The van der Waals surface area contributed by atoms with E-state index in [4.69, 9.17) is 0 Å². The molecule has 2 nitrogen and oxygen atoms in total. The average molecular weight is 274 g/mol. The van der Waals surface area contributed by atoms with Crippen molar-refractivity contribution in [3.63, 3.8) is 0 Å². The largest absolute Gasteiger partial charge is 0.508 e. The first-order valence-electron chi connectivity index (χ1n) is 7.73. The summed E-state index contributed by atoms with van der Waals surface area (Å²) >= 11 is 0. The number of phenolic OH excluding ortho intramolecular Hbond substituents is 1. The topological polar surface area (TPSA) is 37.3 Å². The van der Waals surface area contributed by atoms with Crippen molar-refractivity contribution in [1.82, 2.24) is 0 Å². The molecule has 1 aromatic carbocycles. The van der Waals surface area contributed by atoms with Crippen LogP contribution in [0, 0.1) is 11.8 Å². The van der Waals surface area contributed by atoms with Crippen LogP contribution in [-0.4, -0.2) is 10.9 Å². The average Bonchev–Trinajstić information content (AvgIpc) is 2.39. The first-order chi connectivity index (χ1) is 9.41. The fourth-order valence-electron chi connectivity index (χ4n) is 3.79. The van der Waals surface area contributed by atoms with E-state index < -0.39 is 0 Å². The van der Waals surface area contributed by atoms with Gasteiger partial charge in [0.2, 0.25) is 0 Å². The first kappa shape index (κ1) is 15.1. The maximum atomic E-state index is 11.5. The van der Waals surface area contributed by atoms with E-state index in [9.17, 15) is 9.90 Å². The Morgan fingerprint density at radius 1 is 1.20 bits per heavy atom. The molecule has 0 bridgehead atoms. The number of hydrogen-bond acceptors (Lipinski definition) is 2. The van der Waals surface area contributed by atoms with Gasteiger partial charge in [-0.25, -0.2) is 0 Å². The third-order valence-electron chi connectivity index (χ3n) is 4.80. The van der Waals surface area contributed by atoms with Gasteiger partial charge in [0.15, 0.2) is 0 Å². The molecule has 20 heavy (non-hydrogen) atoms. The number of phenols is 1. The lowest BCUT2D eigenvalue weighted by atomic mass is 9.63. The molecule has 0 radical (unpaired) electrons.